The third-order valence-corrected chi connectivity index (χ3v) is 1.96. The monoisotopic (exact) mass is 259 g/mol. The van der Waals surface area contributed by atoms with Crippen LogP contribution in [-0.2, 0) is 19.1 Å². The standard InChI is InChI=1S/C12H21NO5/c1-8(14)6-7-9(10(15)17-5)13-11(16)18-12(2,3)4/h9H,6-7H2,1-5H3,(H,13,16). The predicted molar refractivity (Wildman–Crippen MR) is 65.1 cm³/mol. The Morgan fingerprint density at radius 3 is 2.17 bits per heavy atom. The second-order valence-corrected chi connectivity index (χ2v) is 4.96. The maximum absolute atomic E-state index is 11.5. The Bertz CT molecular complexity index is 319. The summed E-state index contributed by atoms with van der Waals surface area (Å²) >= 11 is 0. The van der Waals surface area contributed by atoms with Gasteiger partial charge in [0, 0.05) is 6.42 Å². The van der Waals surface area contributed by atoms with Gasteiger partial charge in [0.1, 0.15) is 17.4 Å². The first-order chi connectivity index (χ1) is 8.15. The number of nitrogens with one attached hydrogen (secondary N) is 1. The molecule has 0 aromatic carbocycles. The minimum absolute atomic E-state index is 0.0603. The lowest BCUT2D eigenvalue weighted by Crippen LogP contribution is -2.44. The molecule has 6 heteroatoms. The molecule has 0 rings (SSSR count). The molecule has 0 saturated heterocycles. The van der Waals surface area contributed by atoms with Crippen LogP contribution in [0.25, 0.3) is 0 Å². The van der Waals surface area contributed by atoms with Crippen molar-refractivity contribution in [1.82, 2.24) is 5.32 Å². The van der Waals surface area contributed by atoms with Crippen LogP contribution in [0.3, 0.4) is 0 Å². The van der Waals surface area contributed by atoms with Crippen LogP contribution in [0.2, 0.25) is 0 Å². The first-order valence-corrected chi connectivity index (χ1v) is 5.72. The van der Waals surface area contributed by atoms with E-state index < -0.39 is 23.7 Å². The molecule has 0 fully saturated rings. The molecule has 1 unspecified atom stereocenters. The number of methoxy groups -OCH3 is 1. The fourth-order valence-corrected chi connectivity index (χ4v) is 1.19. The summed E-state index contributed by atoms with van der Waals surface area (Å²) < 4.78 is 9.58. The fourth-order valence-electron chi connectivity index (χ4n) is 1.19. The summed E-state index contributed by atoms with van der Waals surface area (Å²) in [5.74, 6) is -0.656. The van der Waals surface area contributed by atoms with Crippen molar-refractivity contribution in [2.45, 2.75) is 52.2 Å². The lowest BCUT2D eigenvalue weighted by atomic mass is 10.1. The normalized spacial score (nSPS) is 12.5. The van der Waals surface area contributed by atoms with E-state index in [1.165, 1.54) is 14.0 Å². The molecule has 0 aliphatic rings. The van der Waals surface area contributed by atoms with Gasteiger partial charge in [-0.05, 0) is 34.1 Å². The van der Waals surface area contributed by atoms with E-state index in [1.807, 2.05) is 0 Å². The van der Waals surface area contributed by atoms with E-state index in [2.05, 4.69) is 10.1 Å². The van der Waals surface area contributed by atoms with E-state index in [-0.39, 0.29) is 18.6 Å². The molecule has 0 aromatic rings. The van der Waals surface area contributed by atoms with Gasteiger partial charge in [-0.2, -0.15) is 0 Å². The molecule has 1 atom stereocenters. The molecule has 104 valence electrons. The summed E-state index contributed by atoms with van der Waals surface area (Å²) in [4.78, 5) is 33.8. The zero-order valence-corrected chi connectivity index (χ0v) is 11.5. The highest BCUT2D eigenvalue weighted by Gasteiger charge is 2.24. The summed E-state index contributed by atoms with van der Waals surface area (Å²) in [6.45, 7) is 6.57. The third-order valence-electron chi connectivity index (χ3n) is 1.96. The Balaban J connectivity index is 4.45. The van der Waals surface area contributed by atoms with Gasteiger partial charge in [0.2, 0.25) is 0 Å². The molecule has 6 nitrogen and oxygen atoms in total. The largest absolute Gasteiger partial charge is 0.467 e. The maximum atomic E-state index is 11.5. The highest BCUT2D eigenvalue weighted by molar-refractivity contribution is 5.82. The number of hydrogen-bond acceptors (Lipinski definition) is 5. The number of alkyl carbamates (subject to hydrolysis) is 1. The lowest BCUT2D eigenvalue weighted by Gasteiger charge is -2.22. The molecule has 0 heterocycles. The Morgan fingerprint density at radius 1 is 1.22 bits per heavy atom. The van der Waals surface area contributed by atoms with Crippen LogP contribution in [-0.4, -0.2) is 36.6 Å². The molecule has 0 bridgehead atoms. The highest BCUT2D eigenvalue weighted by atomic mass is 16.6. The Kier molecular flexibility index (Phi) is 6.36. The van der Waals surface area contributed by atoms with Gasteiger partial charge in [-0.1, -0.05) is 0 Å². The number of esters is 1. The molecule has 18 heavy (non-hydrogen) atoms. The number of rotatable bonds is 5. The topological polar surface area (TPSA) is 81.7 Å². The SMILES string of the molecule is COC(=O)C(CCC(C)=O)NC(=O)OC(C)(C)C. The van der Waals surface area contributed by atoms with Gasteiger partial charge in [-0.15, -0.1) is 0 Å². The van der Waals surface area contributed by atoms with Crippen molar-refractivity contribution >= 4 is 17.8 Å². The molecule has 1 N–H and O–H groups in total. The number of Topliss-reactive ketones (excluding diaryl/α,β-unsaturated/α-hetero) is 1. The Labute approximate surface area is 107 Å². The second kappa shape index (κ2) is 6.98. The van der Waals surface area contributed by atoms with E-state index in [0.29, 0.717) is 0 Å². The smallest absolute Gasteiger partial charge is 0.408 e. The van der Waals surface area contributed by atoms with E-state index in [9.17, 15) is 14.4 Å². The van der Waals surface area contributed by atoms with Crippen molar-refractivity contribution in [3.8, 4) is 0 Å². The molecular weight excluding hydrogens is 238 g/mol. The zero-order valence-electron chi connectivity index (χ0n) is 11.5. The zero-order chi connectivity index (χ0) is 14.3. The summed E-state index contributed by atoms with van der Waals surface area (Å²) in [6, 6.07) is -0.867. The van der Waals surface area contributed by atoms with E-state index in [1.54, 1.807) is 20.8 Å². The molecule has 0 aliphatic carbocycles. The van der Waals surface area contributed by atoms with Crippen molar-refractivity contribution in [2.24, 2.45) is 0 Å². The first-order valence-electron chi connectivity index (χ1n) is 5.72. The molecule has 0 spiro atoms. The molecular formula is C12H21NO5. The average molecular weight is 259 g/mol. The molecule has 0 aromatic heterocycles. The number of ketones is 1. The van der Waals surface area contributed by atoms with Crippen molar-refractivity contribution in [3.63, 3.8) is 0 Å². The molecule has 1 amide bonds. The molecule has 0 radical (unpaired) electrons. The third kappa shape index (κ3) is 7.65. The summed E-state index contributed by atoms with van der Waals surface area (Å²) in [5.41, 5.74) is -0.647. The molecule has 0 saturated carbocycles. The minimum atomic E-state index is -0.867. The van der Waals surface area contributed by atoms with E-state index in [4.69, 9.17) is 4.74 Å². The van der Waals surface area contributed by atoms with E-state index in [0.717, 1.165) is 0 Å². The van der Waals surface area contributed by atoms with Crippen LogP contribution in [0, 0.1) is 0 Å². The van der Waals surface area contributed by atoms with Crippen molar-refractivity contribution in [2.75, 3.05) is 7.11 Å². The van der Waals surface area contributed by atoms with Crippen LogP contribution in [0.4, 0.5) is 4.79 Å². The van der Waals surface area contributed by atoms with Crippen LogP contribution >= 0.6 is 0 Å². The van der Waals surface area contributed by atoms with Crippen LogP contribution < -0.4 is 5.32 Å². The van der Waals surface area contributed by atoms with Gasteiger partial charge in [-0.3, -0.25) is 0 Å². The first kappa shape index (κ1) is 16.4. The van der Waals surface area contributed by atoms with Gasteiger partial charge in [0.05, 0.1) is 7.11 Å². The van der Waals surface area contributed by atoms with E-state index >= 15 is 0 Å². The highest BCUT2D eigenvalue weighted by Crippen LogP contribution is 2.08. The minimum Gasteiger partial charge on any atom is -0.467 e. The van der Waals surface area contributed by atoms with Crippen LogP contribution in [0.15, 0.2) is 0 Å². The van der Waals surface area contributed by atoms with Gasteiger partial charge in [-0.25, -0.2) is 9.59 Å². The number of carbonyl (C=O) groups excluding carboxylic acids is 3. The maximum Gasteiger partial charge on any atom is 0.408 e. The fraction of sp³-hybridized carbons (Fsp3) is 0.750. The van der Waals surface area contributed by atoms with Gasteiger partial charge in [0.25, 0.3) is 0 Å². The quantitative estimate of drug-likeness (QED) is 0.755. The van der Waals surface area contributed by atoms with Crippen molar-refractivity contribution in [1.29, 1.82) is 0 Å². The number of amides is 1. The number of hydrogen-bond donors (Lipinski definition) is 1. The summed E-state index contributed by atoms with van der Waals surface area (Å²) in [7, 11) is 1.22. The van der Waals surface area contributed by atoms with Crippen LogP contribution in [0.1, 0.15) is 40.5 Å². The predicted octanol–water partition coefficient (Wildman–Crippen LogP) is 1.42. The van der Waals surface area contributed by atoms with Crippen molar-refractivity contribution < 1.29 is 23.9 Å². The summed E-state index contributed by atoms with van der Waals surface area (Å²) in [5, 5.41) is 2.39. The second-order valence-electron chi connectivity index (χ2n) is 4.96. The Morgan fingerprint density at radius 2 is 1.78 bits per heavy atom. The lowest BCUT2D eigenvalue weighted by molar-refractivity contribution is -0.143. The molecule has 0 aliphatic heterocycles. The van der Waals surface area contributed by atoms with Crippen molar-refractivity contribution in [3.05, 3.63) is 0 Å². The number of carbonyl (C=O) groups is 3. The number of ether oxygens (including phenoxy) is 2. The van der Waals surface area contributed by atoms with Gasteiger partial charge in [0.15, 0.2) is 0 Å². The van der Waals surface area contributed by atoms with Crippen LogP contribution in [0.5, 0.6) is 0 Å². The average Bonchev–Trinajstić information content (AvgIpc) is 2.20. The van der Waals surface area contributed by atoms with Gasteiger partial charge >= 0.3 is 12.1 Å². The summed E-state index contributed by atoms with van der Waals surface area (Å²) in [6.07, 6.45) is -0.321. The Hall–Kier alpha value is -1.59. The van der Waals surface area contributed by atoms with Gasteiger partial charge < -0.3 is 19.6 Å².